The topological polar surface area (TPSA) is 26.0 Å². The third kappa shape index (κ3) is 2.35. The maximum Gasteiger partial charge on any atom is 0.00172 e. The van der Waals surface area contributed by atoms with Crippen LogP contribution in [0.15, 0.2) is 48.7 Å². The molecule has 0 aliphatic carbocycles. The standard InChI is InChI=1S/C9H13N/c1-4-6-9(7-10)8(3)5-2/h4-7H,2-3,10H2,1H3/b6-4-,9-7-. The summed E-state index contributed by atoms with van der Waals surface area (Å²) < 4.78 is 0. The van der Waals surface area contributed by atoms with Crippen molar-refractivity contribution in [3.8, 4) is 0 Å². The lowest BCUT2D eigenvalue weighted by Gasteiger charge is -1.97. The molecule has 0 saturated carbocycles. The molecule has 10 heavy (non-hydrogen) atoms. The van der Waals surface area contributed by atoms with Gasteiger partial charge in [-0.3, -0.25) is 0 Å². The van der Waals surface area contributed by atoms with E-state index in [-0.39, 0.29) is 0 Å². The average Bonchev–Trinajstić information content (AvgIpc) is 1.99. The van der Waals surface area contributed by atoms with Gasteiger partial charge in [-0.2, -0.15) is 0 Å². The molecule has 1 heteroatoms. The number of nitrogens with two attached hydrogens (primary N) is 1. The van der Waals surface area contributed by atoms with Gasteiger partial charge < -0.3 is 5.73 Å². The van der Waals surface area contributed by atoms with Crippen LogP contribution in [0, 0.1) is 0 Å². The Morgan fingerprint density at radius 2 is 2.10 bits per heavy atom. The quantitative estimate of drug-likeness (QED) is 0.589. The Morgan fingerprint density at radius 3 is 2.40 bits per heavy atom. The molecule has 0 heterocycles. The minimum Gasteiger partial charge on any atom is -0.404 e. The van der Waals surface area contributed by atoms with Crippen molar-refractivity contribution in [3.63, 3.8) is 0 Å². The van der Waals surface area contributed by atoms with E-state index in [1.54, 1.807) is 6.08 Å². The molecule has 0 aliphatic rings. The van der Waals surface area contributed by atoms with Gasteiger partial charge >= 0.3 is 0 Å². The van der Waals surface area contributed by atoms with E-state index in [1.165, 1.54) is 6.20 Å². The zero-order chi connectivity index (χ0) is 7.98. The summed E-state index contributed by atoms with van der Waals surface area (Å²) in [7, 11) is 0. The molecule has 0 aromatic carbocycles. The molecule has 0 aromatic heterocycles. The normalized spacial score (nSPS) is 11.9. The van der Waals surface area contributed by atoms with Crippen LogP contribution in [-0.4, -0.2) is 0 Å². The van der Waals surface area contributed by atoms with E-state index in [4.69, 9.17) is 5.73 Å². The van der Waals surface area contributed by atoms with E-state index in [1.807, 2.05) is 19.1 Å². The van der Waals surface area contributed by atoms with Gasteiger partial charge in [0.25, 0.3) is 0 Å². The molecule has 0 unspecified atom stereocenters. The largest absolute Gasteiger partial charge is 0.404 e. The predicted molar refractivity (Wildman–Crippen MR) is 46.4 cm³/mol. The fraction of sp³-hybridized carbons (Fsp3) is 0.111. The first kappa shape index (κ1) is 8.76. The van der Waals surface area contributed by atoms with Gasteiger partial charge in [-0.05, 0) is 18.1 Å². The molecule has 0 rings (SSSR count). The van der Waals surface area contributed by atoms with Gasteiger partial charge in [0.15, 0.2) is 0 Å². The highest BCUT2D eigenvalue weighted by Crippen LogP contribution is 2.07. The summed E-state index contributed by atoms with van der Waals surface area (Å²) in [5, 5.41) is 0. The molecule has 1 nitrogen and oxygen atoms in total. The van der Waals surface area contributed by atoms with E-state index < -0.39 is 0 Å². The minimum atomic E-state index is 0.848. The van der Waals surface area contributed by atoms with Crippen LogP contribution in [0.3, 0.4) is 0 Å². The van der Waals surface area contributed by atoms with Crippen LogP contribution in [-0.2, 0) is 0 Å². The third-order valence-corrected chi connectivity index (χ3v) is 1.14. The Balaban J connectivity index is 4.37. The summed E-state index contributed by atoms with van der Waals surface area (Å²) in [5.74, 6) is 0. The molecule has 0 atom stereocenters. The van der Waals surface area contributed by atoms with Crippen molar-refractivity contribution >= 4 is 0 Å². The van der Waals surface area contributed by atoms with E-state index in [0.29, 0.717) is 0 Å². The van der Waals surface area contributed by atoms with Gasteiger partial charge in [-0.25, -0.2) is 0 Å². The first-order chi connectivity index (χ1) is 4.76. The van der Waals surface area contributed by atoms with E-state index >= 15 is 0 Å². The zero-order valence-electron chi connectivity index (χ0n) is 6.30. The number of hydrogen-bond acceptors (Lipinski definition) is 1. The van der Waals surface area contributed by atoms with Gasteiger partial charge in [0, 0.05) is 6.20 Å². The van der Waals surface area contributed by atoms with Crippen LogP contribution in [0.2, 0.25) is 0 Å². The summed E-state index contributed by atoms with van der Waals surface area (Å²) in [6.07, 6.45) is 7.00. The molecular weight excluding hydrogens is 122 g/mol. The highest BCUT2D eigenvalue weighted by atomic mass is 14.5. The van der Waals surface area contributed by atoms with Crippen molar-refractivity contribution in [2.24, 2.45) is 5.73 Å². The Bertz CT molecular complexity index is 185. The van der Waals surface area contributed by atoms with Crippen LogP contribution in [0.25, 0.3) is 0 Å². The maximum atomic E-state index is 5.31. The molecule has 0 radical (unpaired) electrons. The summed E-state index contributed by atoms with van der Waals surface area (Å²) in [6, 6.07) is 0. The second kappa shape index (κ2) is 4.62. The second-order valence-corrected chi connectivity index (χ2v) is 1.85. The van der Waals surface area contributed by atoms with Crippen LogP contribution in [0.1, 0.15) is 6.92 Å². The second-order valence-electron chi connectivity index (χ2n) is 1.85. The van der Waals surface area contributed by atoms with Gasteiger partial charge in [-0.15, -0.1) is 0 Å². The fourth-order valence-corrected chi connectivity index (χ4v) is 0.567. The Hall–Kier alpha value is -1.24. The minimum absolute atomic E-state index is 0.848. The molecule has 2 N–H and O–H groups in total. The lowest BCUT2D eigenvalue weighted by molar-refractivity contribution is 1.46. The maximum absolute atomic E-state index is 5.31. The first-order valence-electron chi connectivity index (χ1n) is 3.12. The van der Waals surface area contributed by atoms with E-state index in [9.17, 15) is 0 Å². The van der Waals surface area contributed by atoms with Crippen LogP contribution in [0.4, 0.5) is 0 Å². The number of hydrogen-bond donors (Lipinski definition) is 1. The smallest absolute Gasteiger partial charge is 0.00172 e. The average molecular weight is 135 g/mol. The Labute approximate surface area is 62.2 Å². The monoisotopic (exact) mass is 135 g/mol. The van der Waals surface area contributed by atoms with Gasteiger partial charge in [0.2, 0.25) is 0 Å². The molecule has 0 amide bonds. The summed E-state index contributed by atoms with van der Waals surface area (Å²) in [5.41, 5.74) is 7.08. The molecule has 0 saturated heterocycles. The van der Waals surface area contributed by atoms with Crippen LogP contribution in [0.5, 0.6) is 0 Å². The van der Waals surface area contributed by atoms with E-state index in [2.05, 4.69) is 13.2 Å². The predicted octanol–water partition coefficient (Wildman–Crippen LogP) is 2.15. The third-order valence-electron chi connectivity index (χ3n) is 1.14. The lowest BCUT2D eigenvalue weighted by atomic mass is 10.1. The van der Waals surface area contributed by atoms with Gasteiger partial charge in [0.1, 0.15) is 0 Å². The Morgan fingerprint density at radius 1 is 1.50 bits per heavy atom. The van der Waals surface area contributed by atoms with Crippen molar-refractivity contribution in [3.05, 3.63) is 48.7 Å². The molecule has 0 aliphatic heterocycles. The Kier molecular flexibility index (Phi) is 4.05. The summed E-state index contributed by atoms with van der Waals surface area (Å²) >= 11 is 0. The molecular formula is C9H13N. The number of rotatable bonds is 3. The van der Waals surface area contributed by atoms with Crippen molar-refractivity contribution in [2.75, 3.05) is 0 Å². The van der Waals surface area contributed by atoms with Crippen molar-refractivity contribution in [1.29, 1.82) is 0 Å². The highest BCUT2D eigenvalue weighted by Gasteiger charge is 1.90. The van der Waals surface area contributed by atoms with Crippen LogP contribution < -0.4 is 5.73 Å². The first-order valence-corrected chi connectivity index (χ1v) is 3.12. The molecule has 0 aromatic rings. The fourth-order valence-electron chi connectivity index (χ4n) is 0.567. The highest BCUT2D eigenvalue weighted by molar-refractivity contribution is 5.42. The summed E-state index contributed by atoms with van der Waals surface area (Å²) in [6.45, 7) is 9.26. The van der Waals surface area contributed by atoms with Crippen molar-refractivity contribution in [2.45, 2.75) is 6.92 Å². The van der Waals surface area contributed by atoms with Crippen molar-refractivity contribution in [1.82, 2.24) is 0 Å². The van der Waals surface area contributed by atoms with Gasteiger partial charge in [0.05, 0.1) is 0 Å². The van der Waals surface area contributed by atoms with Crippen LogP contribution >= 0.6 is 0 Å². The number of allylic oxidation sites excluding steroid dienone is 5. The summed E-state index contributed by atoms with van der Waals surface area (Å²) in [4.78, 5) is 0. The molecule has 0 bridgehead atoms. The van der Waals surface area contributed by atoms with Crippen molar-refractivity contribution < 1.29 is 0 Å². The molecule has 0 spiro atoms. The lowest BCUT2D eigenvalue weighted by Crippen LogP contribution is -1.86. The van der Waals surface area contributed by atoms with Gasteiger partial charge in [-0.1, -0.05) is 31.4 Å². The molecule has 54 valence electrons. The molecule has 0 fully saturated rings. The zero-order valence-corrected chi connectivity index (χ0v) is 6.30. The van der Waals surface area contributed by atoms with E-state index in [0.717, 1.165) is 11.1 Å². The SMILES string of the molecule is C=CC(=C)C(/C=C\C)=C\N.